The Morgan fingerprint density at radius 1 is 0.579 bits per heavy atom. The Balaban J connectivity index is 1.76. The standard InChI is InChI=1S/C36H28N2/c1-37-34(28-18-8-3-9-19-28)33-31-24-14-15-25-32(31)36(29-20-10-4-11-21-29,30-22-12-5-13-23-30)35(33)38-26-27-16-6-2-7-17-27/h2-26H,1H3. The zero-order chi connectivity index (χ0) is 25.8. The molecule has 0 spiro atoms. The average molecular weight is 489 g/mol. The lowest BCUT2D eigenvalue weighted by atomic mass is 9.69. The summed E-state index contributed by atoms with van der Waals surface area (Å²) in [7, 11) is 1.88. The maximum Gasteiger partial charge on any atom is 0.0887 e. The van der Waals surface area contributed by atoms with Gasteiger partial charge >= 0.3 is 0 Å². The van der Waals surface area contributed by atoms with Crippen LogP contribution < -0.4 is 0 Å². The normalized spacial score (nSPS) is 14.6. The van der Waals surface area contributed by atoms with E-state index in [0.717, 1.165) is 33.7 Å². The summed E-state index contributed by atoms with van der Waals surface area (Å²) in [5, 5.41) is 0. The zero-order valence-electron chi connectivity index (χ0n) is 21.3. The third-order valence-electron chi connectivity index (χ3n) is 7.26. The van der Waals surface area contributed by atoms with Crippen molar-refractivity contribution >= 4 is 17.5 Å². The molecule has 0 fully saturated rings. The van der Waals surface area contributed by atoms with Crippen LogP contribution in [-0.2, 0) is 5.41 Å². The molecule has 0 saturated carbocycles. The van der Waals surface area contributed by atoms with Crippen molar-refractivity contribution in [2.75, 3.05) is 7.05 Å². The van der Waals surface area contributed by atoms with Crippen molar-refractivity contribution in [1.29, 1.82) is 0 Å². The molecule has 1 aliphatic rings. The molecule has 1 aliphatic carbocycles. The molecule has 0 atom stereocenters. The van der Waals surface area contributed by atoms with E-state index in [4.69, 9.17) is 9.98 Å². The monoisotopic (exact) mass is 488 g/mol. The Hall–Kier alpha value is -4.82. The largest absolute Gasteiger partial charge is 0.287 e. The van der Waals surface area contributed by atoms with Crippen molar-refractivity contribution in [3.63, 3.8) is 0 Å². The van der Waals surface area contributed by atoms with Gasteiger partial charge in [0, 0.05) is 24.4 Å². The van der Waals surface area contributed by atoms with E-state index in [1.165, 1.54) is 16.7 Å². The zero-order valence-corrected chi connectivity index (χ0v) is 21.3. The van der Waals surface area contributed by atoms with Crippen molar-refractivity contribution in [3.05, 3.63) is 185 Å². The second-order valence-electron chi connectivity index (χ2n) is 9.36. The van der Waals surface area contributed by atoms with Gasteiger partial charge in [-0.3, -0.25) is 9.98 Å². The van der Waals surface area contributed by atoms with E-state index in [1.54, 1.807) is 0 Å². The number of hydrogen-bond acceptors (Lipinski definition) is 2. The van der Waals surface area contributed by atoms with Crippen LogP contribution in [0.3, 0.4) is 0 Å². The van der Waals surface area contributed by atoms with Gasteiger partial charge in [0.05, 0.1) is 16.8 Å². The summed E-state index contributed by atoms with van der Waals surface area (Å²) in [5.74, 6) is 0. The Kier molecular flexibility index (Phi) is 6.37. The number of allylic oxidation sites excluding steroid dienone is 2. The summed E-state index contributed by atoms with van der Waals surface area (Å²) in [6.45, 7) is 0. The molecular weight excluding hydrogens is 460 g/mol. The molecule has 2 nitrogen and oxygen atoms in total. The molecule has 0 heterocycles. The van der Waals surface area contributed by atoms with Crippen LogP contribution in [0.2, 0.25) is 0 Å². The first kappa shape index (κ1) is 23.6. The van der Waals surface area contributed by atoms with E-state index in [-0.39, 0.29) is 0 Å². The summed E-state index contributed by atoms with van der Waals surface area (Å²) >= 11 is 0. The highest BCUT2D eigenvalue weighted by Crippen LogP contribution is 2.55. The summed E-state index contributed by atoms with van der Waals surface area (Å²) in [6, 6.07) is 50.9. The van der Waals surface area contributed by atoms with Crippen molar-refractivity contribution < 1.29 is 0 Å². The van der Waals surface area contributed by atoms with Crippen molar-refractivity contribution in [3.8, 4) is 0 Å². The Morgan fingerprint density at radius 2 is 1.08 bits per heavy atom. The number of hydrogen-bond donors (Lipinski definition) is 0. The number of fused-ring (bicyclic) bond motifs is 1. The van der Waals surface area contributed by atoms with E-state index in [0.29, 0.717) is 0 Å². The highest BCUT2D eigenvalue weighted by molar-refractivity contribution is 6.34. The van der Waals surface area contributed by atoms with Gasteiger partial charge in [0.15, 0.2) is 0 Å². The van der Waals surface area contributed by atoms with Gasteiger partial charge in [0.1, 0.15) is 0 Å². The lowest BCUT2D eigenvalue weighted by molar-refractivity contribution is 0.735. The number of benzene rings is 5. The third-order valence-corrected chi connectivity index (χ3v) is 7.26. The van der Waals surface area contributed by atoms with Crippen molar-refractivity contribution in [2.45, 2.75) is 5.41 Å². The van der Waals surface area contributed by atoms with E-state index in [1.807, 2.05) is 37.5 Å². The Labute approximate surface area is 224 Å². The lowest BCUT2D eigenvalue weighted by Gasteiger charge is -2.34. The Morgan fingerprint density at radius 3 is 1.66 bits per heavy atom. The van der Waals surface area contributed by atoms with Crippen LogP contribution in [0.5, 0.6) is 0 Å². The van der Waals surface area contributed by atoms with Gasteiger partial charge in [-0.05, 0) is 27.8 Å². The van der Waals surface area contributed by atoms with Gasteiger partial charge in [-0.2, -0.15) is 0 Å². The van der Waals surface area contributed by atoms with E-state index < -0.39 is 5.41 Å². The molecule has 5 aromatic rings. The van der Waals surface area contributed by atoms with E-state index in [9.17, 15) is 0 Å². The van der Waals surface area contributed by atoms with Gasteiger partial charge in [-0.15, -0.1) is 0 Å². The highest BCUT2D eigenvalue weighted by atomic mass is 14.8. The van der Waals surface area contributed by atoms with Gasteiger partial charge in [-0.25, -0.2) is 0 Å². The van der Waals surface area contributed by atoms with Crippen molar-refractivity contribution in [2.24, 2.45) is 9.98 Å². The minimum absolute atomic E-state index is 0.607. The third kappa shape index (κ3) is 3.91. The minimum Gasteiger partial charge on any atom is -0.287 e. The molecule has 0 bridgehead atoms. The summed E-state index contributed by atoms with van der Waals surface area (Å²) in [4.78, 5) is 10.2. The molecule has 0 unspecified atom stereocenters. The quantitative estimate of drug-likeness (QED) is 0.216. The molecule has 182 valence electrons. The molecular formula is C36H28N2. The highest BCUT2D eigenvalue weighted by Gasteiger charge is 2.49. The molecule has 0 amide bonds. The first-order valence-electron chi connectivity index (χ1n) is 12.9. The lowest BCUT2D eigenvalue weighted by Crippen LogP contribution is -2.29. The summed E-state index contributed by atoms with van der Waals surface area (Å²) in [6.07, 6.45) is 1.99. The fraction of sp³-hybridized carbons (Fsp3) is 0.0556. The first-order valence-corrected chi connectivity index (χ1v) is 12.9. The van der Waals surface area contributed by atoms with Crippen LogP contribution in [0.15, 0.2) is 161 Å². The van der Waals surface area contributed by atoms with Crippen LogP contribution in [-0.4, -0.2) is 19.0 Å². The average Bonchev–Trinajstić information content (AvgIpc) is 3.29. The van der Waals surface area contributed by atoms with Gasteiger partial charge in [0.2, 0.25) is 0 Å². The van der Waals surface area contributed by atoms with E-state index in [2.05, 4.69) is 121 Å². The van der Waals surface area contributed by atoms with Crippen LogP contribution in [0.1, 0.15) is 33.4 Å². The second kappa shape index (κ2) is 10.3. The second-order valence-corrected chi connectivity index (χ2v) is 9.36. The summed E-state index contributed by atoms with van der Waals surface area (Å²) in [5.41, 5.74) is 9.23. The molecule has 0 aliphatic heterocycles. The molecule has 38 heavy (non-hydrogen) atoms. The van der Waals surface area contributed by atoms with Crippen LogP contribution >= 0.6 is 0 Å². The number of nitrogens with zero attached hydrogens (tertiary/aromatic N) is 2. The SMILES string of the molecule is CN=C(C1=C(N=Cc2ccccc2)C(c2ccccc2)(c2ccccc2)c2ccccc21)c1ccccc1. The van der Waals surface area contributed by atoms with E-state index >= 15 is 0 Å². The number of rotatable bonds is 6. The van der Waals surface area contributed by atoms with Crippen LogP contribution in [0.25, 0.3) is 5.57 Å². The predicted octanol–water partition coefficient (Wildman–Crippen LogP) is 7.98. The van der Waals surface area contributed by atoms with Crippen LogP contribution in [0.4, 0.5) is 0 Å². The van der Waals surface area contributed by atoms with Gasteiger partial charge in [-0.1, -0.05) is 146 Å². The van der Waals surface area contributed by atoms with Gasteiger partial charge < -0.3 is 0 Å². The first-order chi connectivity index (χ1) is 18.8. The molecule has 6 rings (SSSR count). The smallest absolute Gasteiger partial charge is 0.0887 e. The van der Waals surface area contributed by atoms with Gasteiger partial charge in [0.25, 0.3) is 0 Å². The molecule has 0 radical (unpaired) electrons. The molecule has 0 saturated heterocycles. The fourth-order valence-electron chi connectivity index (χ4n) is 5.66. The molecule has 5 aromatic carbocycles. The predicted molar refractivity (Wildman–Crippen MR) is 159 cm³/mol. The summed E-state index contributed by atoms with van der Waals surface area (Å²) < 4.78 is 0. The topological polar surface area (TPSA) is 24.7 Å². The minimum atomic E-state index is -0.607. The van der Waals surface area contributed by atoms with Crippen molar-refractivity contribution in [1.82, 2.24) is 0 Å². The Bertz CT molecular complexity index is 1590. The fourth-order valence-corrected chi connectivity index (χ4v) is 5.66. The maximum absolute atomic E-state index is 5.36. The number of aliphatic imine (C=N–C) groups is 2. The van der Waals surface area contributed by atoms with Crippen LogP contribution in [0, 0.1) is 0 Å². The molecule has 0 aromatic heterocycles. The molecule has 2 heteroatoms. The maximum atomic E-state index is 5.36. The molecule has 0 N–H and O–H groups in total.